The zero-order valence-electron chi connectivity index (χ0n) is 20.9. The quantitative estimate of drug-likeness (QED) is 0.560. The van der Waals surface area contributed by atoms with Crippen molar-refractivity contribution in [2.75, 3.05) is 0 Å². The lowest BCUT2D eigenvalue weighted by atomic mass is 9.76. The van der Waals surface area contributed by atoms with Gasteiger partial charge in [0.25, 0.3) is 0 Å². The number of amidine groups is 1. The second-order valence-corrected chi connectivity index (χ2v) is 10.2. The van der Waals surface area contributed by atoms with Gasteiger partial charge in [-0.2, -0.15) is 0 Å². The molecule has 35 heavy (non-hydrogen) atoms. The minimum absolute atomic E-state index is 0.134. The van der Waals surface area contributed by atoms with Crippen molar-refractivity contribution in [3.05, 3.63) is 52.7 Å². The van der Waals surface area contributed by atoms with Crippen LogP contribution in [0.1, 0.15) is 76.8 Å². The molecule has 1 aliphatic carbocycles. The molecule has 2 atom stereocenters. The van der Waals surface area contributed by atoms with E-state index < -0.39 is 11.6 Å². The Morgan fingerprint density at radius 3 is 2.71 bits per heavy atom. The fraction of sp³-hybridized carbons (Fsp3) is 0.556. The van der Waals surface area contributed by atoms with Crippen molar-refractivity contribution >= 4 is 17.5 Å². The molecule has 0 spiro atoms. The van der Waals surface area contributed by atoms with Crippen LogP contribution in [0.15, 0.2) is 51.6 Å². The maximum absolute atomic E-state index is 13.3. The van der Waals surface area contributed by atoms with Crippen LogP contribution in [0.4, 0.5) is 0 Å². The summed E-state index contributed by atoms with van der Waals surface area (Å²) >= 11 is 0. The second kappa shape index (κ2) is 9.47. The van der Waals surface area contributed by atoms with E-state index in [-0.39, 0.29) is 24.4 Å². The summed E-state index contributed by atoms with van der Waals surface area (Å²) in [5.74, 6) is 0.575. The van der Waals surface area contributed by atoms with Crippen LogP contribution in [-0.2, 0) is 22.4 Å². The first-order valence-corrected chi connectivity index (χ1v) is 12.8. The smallest absolute Gasteiger partial charge is 0.338 e. The lowest BCUT2D eigenvalue weighted by Gasteiger charge is -2.42. The van der Waals surface area contributed by atoms with E-state index >= 15 is 0 Å². The molecule has 2 unspecified atom stereocenters. The number of hydrazine groups is 1. The molecule has 186 valence electrons. The van der Waals surface area contributed by atoms with Crippen molar-refractivity contribution in [2.24, 2.45) is 15.9 Å². The molecule has 1 saturated carbocycles. The predicted octanol–water partition coefficient (Wildman–Crippen LogP) is 4.54. The summed E-state index contributed by atoms with van der Waals surface area (Å²) < 4.78 is 6.27. The number of hydrogen-bond donors (Lipinski definition) is 2. The van der Waals surface area contributed by atoms with E-state index in [1.807, 2.05) is 37.3 Å². The fourth-order valence-corrected chi connectivity index (χ4v) is 5.84. The number of allylic oxidation sites excluding steroid dienone is 2. The molecule has 0 amide bonds. The molecule has 4 aliphatic rings. The number of aliphatic hydroxyl groups excluding tert-OH is 1. The third-order valence-corrected chi connectivity index (χ3v) is 7.77. The van der Waals surface area contributed by atoms with Crippen molar-refractivity contribution < 1.29 is 14.6 Å². The number of nitrogens with one attached hydrogen (secondary N) is 1. The zero-order valence-corrected chi connectivity index (χ0v) is 20.9. The van der Waals surface area contributed by atoms with Gasteiger partial charge >= 0.3 is 5.97 Å². The van der Waals surface area contributed by atoms with Crippen LogP contribution in [0.5, 0.6) is 0 Å². The molecular weight excluding hydrogens is 442 g/mol. The summed E-state index contributed by atoms with van der Waals surface area (Å²) in [6.45, 7) is 6.05. The Morgan fingerprint density at radius 2 is 1.97 bits per heavy atom. The minimum Gasteiger partial charge on any atom is -0.512 e. The van der Waals surface area contributed by atoms with Crippen molar-refractivity contribution in [3.63, 3.8) is 0 Å². The van der Waals surface area contributed by atoms with Gasteiger partial charge in [-0.15, -0.1) is 0 Å². The lowest BCUT2D eigenvalue weighted by molar-refractivity contribution is -0.167. The third kappa shape index (κ3) is 4.70. The Bertz CT molecular complexity index is 1130. The van der Waals surface area contributed by atoms with E-state index in [0.717, 1.165) is 55.5 Å². The molecule has 8 heteroatoms. The number of nitrogens with zero attached hydrogens (tertiary/aromatic N) is 4. The van der Waals surface area contributed by atoms with Crippen LogP contribution in [0.2, 0.25) is 0 Å². The van der Waals surface area contributed by atoms with Gasteiger partial charge in [0.15, 0.2) is 0 Å². The normalized spacial score (nSPS) is 26.7. The highest BCUT2D eigenvalue weighted by Crippen LogP contribution is 2.46. The minimum atomic E-state index is -0.674. The Morgan fingerprint density at radius 1 is 1.20 bits per heavy atom. The standard InChI is InChI=1S/C27H35N5O3/c1-4-19-12-20(16-28-15-19)9-10-27(21-7-5-6-8-21)14-23(33)22(25(34)35-27)13-24-30-26-29-17(2)11-18(3)32(26)31-24/h11-12,15-16,21,26,33H,4-10,13-14H2,1-3H3,(H,30,31). The van der Waals surface area contributed by atoms with Crippen molar-refractivity contribution in [1.82, 2.24) is 15.4 Å². The van der Waals surface area contributed by atoms with E-state index in [1.54, 1.807) is 0 Å². The number of rotatable bonds is 7. The number of fused-ring (bicyclic) bond motifs is 1. The molecule has 3 aliphatic heterocycles. The number of aliphatic imine (C=N–C) groups is 2. The highest BCUT2D eigenvalue weighted by molar-refractivity contribution is 5.99. The first-order valence-electron chi connectivity index (χ1n) is 12.8. The van der Waals surface area contributed by atoms with Gasteiger partial charge in [0.1, 0.15) is 17.2 Å². The highest BCUT2D eigenvalue weighted by Gasteiger charge is 2.48. The zero-order chi connectivity index (χ0) is 24.6. The number of carbonyl (C=O) groups is 1. The first-order chi connectivity index (χ1) is 16.9. The molecule has 0 saturated heterocycles. The van der Waals surface area contributed by atoms with Gasteiger partial charge in [-0.05, 0) is 69.1 Å². The van der Waals surface area contributed by atoms with Crippen molar-refractivity contribution in [2.45, 2.75) is 90.4 Å². The van der Waals surface area contributed by atoms with Crippen LogP contribution in [0.25, 0.3) is 0 Å². The number of aliphatic hydroxyl groups is 1. The number of cyclic esters (lactones) is 1. The van der Waals surface area contributed by atoms with Gasteiger partial charge in [-0.3, -0.25) is 10.4 Å². The monoisotopic (exact) mass is 477 g/mol. The summed E-state index contributed by atoms with van der Waals surface area (Å²) in [4.78, 5) is 26.9. The van der Waals surface area contributed by atoms with Gasteiger partial charge in [0, 0.05) is 36.6 Å². The Kier molecular flexibility index (Phi) is 6.38. The average molecular weight is 478 g/mol. The van der Waals surface area contributed by atoms with Gasteiger partial charge in [0.05, 0.1) is 5.57 Å². The molecule has 4 heterocycles. The van der Waals surface area contributed by atoms with Crippen LogP contribution in [0.3, 0.4) is 0 Å². The van der Waals surface area contributed by atoms with E-state index in [2.05, 4.69) is 33.4 Å². The summed E-state index contributed by atoms with van der Waals surface area (Å²) in [5.41, 5.74) is 7.12. The summed E-state index contributed by atoms with van der Waals surface area (Å²) in [6, 6.07) is 2.18. The Labute approximate surface area is 206 Å². The van der Waals surface area contributed by atoms with E-state index in [0.29, 0.717) is 24.3 Å². The molecule has 0 bridgehead atoms. The number of ether oxygens (including phenoxy) is 1. The van der Waals surface area contributed by atoms with Gasteiger partial charge in [-0.1, -0.05) is 25.8 Å². The molecule has 1 aromatic rings. The van der Waals surface area contributed by atoms with Gasteiger partial charge in [0.2, 0.25) is 6.29 Å². The third-order valence-electron chi connectivity index (χ3n) is 7.77. The number of hydrogen-bond acceptors (Lipinski definition) is 8. The molecular formula is C27H35N5O3. The summed E-state index contributed by atoms with van der Waals surface area (Å²) in [6.07, 6.45) is 12.7. The Balaban J connectivity index is 1.35. The largest absolute Gasteiger partial charge is 0.512 e. The summed E-state index contributed by atoms with van der Waals surface area (Å²) in [5, 5.41) is 13.0. The molecule has 0 aromatic carbocycles. The lowest BCUT2D eigenvalue weighted by Crippen LogP contribution is -2.46. The number of carbonyl (C=O) groups excluding carboxylic acids is 1. The number of aromatic nitrogens is 1. The predicted molar refractivity (Wildman–Crippen MR) is 135 cm³/mol. The summed E-state index contributed by atoms with van der Waals surface area (Å²) in [7, 11) is 0. The molecule has 0 radical (unpaired) electrons. The second-order valence-electron chi connectivity index (χ2n) is 10.2. The number of pyridine rings is 1. The fourth-order valence-electron chi connectivity index (χ4n) is 5.84. The van der Waals surface area contributed by atoms with Crippen LogP contribution in [0, 0.1) is 5.92 Å². The van der Waals surface area contributed by atoms with Crippen molar-refractivity contribution in [1.29, 1.82) is 0 Å². The molecule has 8 nitrogen and oxygen atoms in total. The van der Waals surface area contributed by atoms with Crippen LogP contribution < -0.4 is 5.43 Å². The van der Waals surface area contributed by atoms with Crippen LogP contribution in [-0.4, -0.2) is 44.5 Å². The average Bonchev–Trinajstić information content (AvgIpc) is 3.51. The highest BCUT2D eigenvalue weighted by atomic mass is 16.6. The molecule has 1 aromatic heterocycles. The van der Waals surface area contributed by atoms with Gasteiger partial charge in [-0.25, -0.2) is 19.8 Å². The van der Waals surface area contributed by atoms with Crippen molar-refractivity contribution in [3.8, 4) is 0 Å². The van der Waals surface area contributed by atoms with Crippen LogP contribution >= 0.6 is 0 Å². The maximum atomic E-state index is 13.3. The molecule has 5 rings (SSSR count). The number of esters is 1. The molecule has 2 N–H and O–H groups in total. The molecule has 1 fully saturated rings. The van der Waals surface area contributed by atoms with E-state index in [4.69, 9.17) is 4.74 Å². The van der Waals surface area contributed by atoms with E-state index in [9.17, 15) is 9.90 Å². The number of aryl methyl sites for hydroxylation is 2. The van der Waals surface area contributed by atoms with Gasteiger partial charge < -0.3 is 9.84 Å². The maximum Gasteiger partial charge on any atom is 0.338 e. The van der Waals surface area contributed by atoms with E-state index in [1.165, 1.54) is 5.56 Å². The topological polar surface area (TPSA) is 99.4 Å². The first kappa shape index (κ1) is 23.6. The Hall–Kier alpha value is -3.16. The SMILES string of the molecule is CCc1cncc(CCC2(C3CCCC3)CC(O)=C(CC3=NC4N=C(C)C=C(C)N4N3)C(=O)O2)c1.